The van der Waals surface area contributed by atoms with Gasteiger partial charge in [0.15, 0.2) is 0 Å². The van der Waals surface area contributed by atoms with Crippen LogP contribution in [-0.4, -0.2) is 55.6 Å². The molecule has 130 valence electrons. The minimum Gasteiger partial charge on any atom is -0.382 e. The highest BCUT2D eigenvalue weighted by atomic mass is 19.3. The molecule has 1 rings (SSSR count). The first-order valence-corrected chi connectivity index (χ1v) is 8.35. The molecule has 0 aromatic rings. The van der Waals surface area contributed by atoms with Gasteiger partial charge in [0.05, 0.1) is 12.6 Å². The molecule has 0 radical (unpaired) electrons. The highest BCUT2D eigenvalue weighted by molar-refractivity contribution is 5.78. The summed E-state index contributed by atoms with van der Waals surface area (Å²) in [6.07, 6.45) is 3.19. The van der Waals surface area contributed by atoms with Crippen molar-refractivity contribution in [1.82, 2.24) is 10.2 Å². The average molecular weight is 320 g/mol. The highest BCUT2D eigenvalue weighted by Crippen LogP contribution is 2.27. The van der Waals surface area contributed by atoms with Crippen LogP contribution in [0, 0.1) is 5.92 Å². The smallest absolute Gasteiger partial charge is 0.280 e. The van der Waals surface area contributed by atoms with Gasteiger partial charge < -0.3 is 10.1 Å². The molecule has 1 aliphatic heterocycles. The van der Waals surface area contributed by atoms with Gasteiger partial charge in [-0.2, -0.15) is 0 Å². The van der Waals surface area contributed by atoms with Gasteiger partial charge in [-0.25, -0.2) is 8.78 Å². The Kier molecular flexibility index (Phi) is 8.25. The molecular formula is C16H30F2N2O2. The lowest BCUT2D eigenvalue weighted by molar-refractivity contribution is -0.133. The third-order valence-corrected chi connectivity index (χ3v) is 3.99. The minimum atomic E-state index is -2.85. The van der Waals surface area contributed by atoms with E-state index < -0.39 is 12.0 Å². The number of alkyl halides is 2. The van der Waals surface area contributed by atoms with Crippen molar-refractivity contribution < 1.29 is 18.3 Å². The van der Waals surface area contributed by atoms with E-state index in [2.05, 4.69) is 5.32 Å². The van der Waals surface area contributed by atoms with E-state index in [0.717, 1.165) is 32.5 Å². The molecule has 1 fully saturated rings. The van der Waals surface area contributed by atoms with Gasteiger partial charge >= 0.3 is 0 Å². The van der Waals surface area contributed by atoms with Crippen LogP contribution in [0.4, 0.5) is 8.78 Å². The zero-order chi connectivity index (χ0) is 16.6. The second kappa shape index (κ2) is 9.40. The lowest BCUT2D eigenvalue weighted by atomic mass is 9.99. The first-order chi connectivity index (χ1) is 10.4. The fourth-order valence-corrected chi connectivity index (χ4v) is 2.58. The van der Waals surface area contributed by atoms with Crippen molar-refractivity contribution in [3.8, 4) is 0 Å². The van der Waals surface area contributed by atoms with E-state index in [1.807, 2.05) is 6.92 Å². The maximum absolute atomic E-state index is 14.1. The summed E-state index contributed by atoms with van der Waals surface area (Å²) in [6, 6.07) is -1.03. The van der Waals surface area contributed by atoms with Gasteiger partial charge in [-0.15, -0.1) is 0 Å². The number of halogens is 2. The number of piperidine rings is 1. The highest BCUT2D eigenvalue weighted by Gasteiger charge is 2.45. The standard InChI is InChI=1S/C16H30F2N2O2/c1-4-22-11-7-5-6-9-20-10-8-14(16(17,18)12-20)19-15(21)13(2)3/h13-14H,4-12H2,1-3H3,(H,19,21). The SMILES string of the molecule is CCOCCCCCN1CCC(NC(=O)C(C)C)C(F)(F)C1. The molecule has 0 spiro atoms. The number of nitrogens with one attached hydrogen (secondary N) is 1. The molecular weight excluding hydrogens is 290 g/mol. The molecule has 1 N–H and O–H groups in total. The van der Waals surface area contributed by atoms with Crippen molar-refractivity contribution in [2.45, 2.75) is 58.4 Å². The van der Waals surface area contributed by atoms with Crippen LogP contribution in [-0.2, 0) is 9.53 Å². The lowest BCUT2D eigenvalue weighted by Gasteiger charge is -2.38. The molecule has 1 atom stereocenters. The summed E-state index contributed by atoms with van der Waals surface area (Å²) >= 11 is 0. The molecule has 1 amide bonds. The molecule has 0 bridgehead atoms. The van der Waals surface area contributed by atoms with Gasteiger partial charge in [-0.1, -0.05) is 13.8 Å². The Labute approximate surface area is 132 Å². The van der Waals surface area contributed by atoms with Crippen LogP contribution in [0.5, 0.6) is 0 Å². The maximum Gasteiger partial charge on any atom is 0.280 e. The summed E-state index contributed by atoms with van der Waals surface area (Å²) < 4.78 is 33.5. The van der Waals surface area contributed by atoms with Gasteiger partial charge in [0.1, 0.15) is 0 Å². The largest absolute Gasteiger partial charge is 0.382 e. The first-order valence-electron chi connectivity index (χ1n) is 8.35. The number of hydrogen-bond acceptors (Lipinski definition) is 3. The van der Waals surface area contributed by atoms with E-state index >= 15 is 0 Å². The molecule has 0 aromatic carbocycles. The summed E-state index contributed by atoms with van der Waals surface area (Å²) in [6.45, 7) is 7.90. The van der Waals surface area contributed by atoms with Crippen LogP contribution < -0.4 is 5.32 Å². The molecule has 0 saturated carbocycles. The number of carbonyl (C=O) groups is 1. The van der Waals surface area contributed by atoms with Gasteiger partial charge in [0, 0.05) is 25.7 Å². The molecule has 1 heterocycles. The zero-order valence-electron chi connectivity index (χ0n) is 14.0. The van der Waals surface area contributed by atoms with Gasteiger partial charge in [-0.3, -0.25) is 9.69 Å². The third kappa shape index (κ3) is 6.57. The molecule has 4 nitrogen and oxygen atoms in total. The number of amides is 1. The summed E-state index contributed by atoms with van der Waals surface area (Å²) in [5, 5.41) is 2.49. The van der Waals surface area contributed by atoms with E-state index in [0.29, 0.717) is 19.5 Å². The average Bonchev–Trinajstić information content (AvgIpc) is 2.44. The van der Waals surface area contributed by atoms with Crippen LogP contribution in [0.25, 0.3) is 0 Å². The minimum absolute atomic E-state index is 0.262. The van der Waals surface area contributed by atoms with Crippen LogP contribution >= 0.6 is 0 Å². The number of hydrogen-bond donors (Lipinski definition) is 1. The summed E-state index contributed by atoms with van der Waals surface area (Å²) in [5.41, 5.74) is 0. The number of rotatable bonds is 9. The molecule has 1 saturated heterocycles. The van der Waals surface area contributed by atoms with Crippen LogP contribution in [0.3, 0.4) is 0 Å². The molecule has 0 aromatic heterocycles. The normalized spacial score (nSPS) is 22.0. The summed E-state index contributed by atoms with van der Waals surface area (Å²) in [4.78, 5) is 13.4. The summed E-state index contributed by atoms with van der Waals surface area (Å²) in [7, 11) is 0. The predicted molar refractivity (Wildman–Crippen MR) is 83.1 cm³/mol. The lowest BCUT2D eigenvalue weighted by Crippen LogP contribution is -2.58. The van der Waals surface area contributed by atoms with Crippen LogP contribution in [0.2, 0.25) is 0 Å². The maximum atomic E-state index is 14.1. The Hall–Kier alpha value is -0.750. The van der Waals surface area contributed by atoms with Gasteiger partial charge in [0.25, 0.3) is 5.92 Å². The number of nitrogens with zero attached hydrogens (tertiary/aromatic N) is 1. The second-order valence-corrected chi connectivity index (χ2v) is 6.30. The van der Waals surface area contributed by atoms with Gasteiger partial charge in [0.2, 0.25) is 5.91 Å². The van der Waals surface area contributed by atoms with Crippen molar-refractivity contribution >= 4 is 5.91 Å². The van der Waals surface area contributed by atoms with E-state index in [1.165, 1.54) is 0 Å². The number of ether oxygens (including phenoxy) is 1. The molecule has 22 heavy (non-hydrogen) atoms. The Morgan fingerprint density at radius 2 is 2.09 bits per heavy atom. The summed E-state index contributed by atoms with van der Waals surface area (Å²) in [5.74, 6) is -3.41. The number of carbonyl (C=O) groups excluding carboxylic acids is 1. The quantitative estimate of drug-likeness (QED) is 0.664. The Morgan fingerprint density at radius 1 is 1.36 bits per heavy atom. The molecule has 0 aliphatic carbocycles. The predicted octanol–water partition coefficient (Wildman–Crippen LogP) is 2.68. The second-order valence-electron chi connectivity index (χ2n) is 6.30. The van der Waals surface area contributed by atoms with E-state index in [4.69, 9.17) is 4.74 Å². The molecule has 6 heteroatoms. The van der Waals surface area contributed by atoms with E-state index in [9.17, 15) is 13.6 Å². The fraction of sp³-hybridized carbons (Fsp3) is 0.938. The van der Waals surface area contributed by atoms with Crippen LogP contribution in [0.1, 0.15) is 46.5 Å². The molecule has 1 aliphatic rings. The molecule has 1 unspecified atom stereocenters. The van der Waals surface area contributed by atoms with Crippen LogP contribution in [0.15, 0.2) is 0 Å². The van der Waals surface area contributed by atoms with Crippen molar-refractivity contribution in [3.05, 3.63) is 0 Å². The number of likely N-dealkylation sites (tertiary alicyclic amines) is 1. The monoisotopic (exact) mass is 320 g/mol. The van der Waals surface area contributed by atoms with Crippen molar-refractivity contribution in [1.29, 1.82) is 0 Å². The van der Waals surface area contributed by atoms with Crippen molar-refractivity contribution in [2.75, 3.05) is 32.8 Å². The fourth-order valence-electron chi connectivity index (χ4n) is 2.58. The number of unbranched alkanes of at least 4 members (excludes halogenated alkanes) is 2. The first kappa shape index (κ1) is 19.3. The zero-order valence-corrected chi connectivity index (χ0v) is 14.0. The van der Waals surface area contributed by atoms with Crippen molar-refractivity contribution in [3.63, 3.8) is 0 Å². The topological polar surface area (TPSA) is 41.6 Å². The third-order valence-electron chi connectivity index (χ3n) is 3.99. The van der Waals surface area contributed by atoms with E-state index in [-0.39, 0.29) is 18.4 Å². The van der Waals surface area contributed by atoms with Crippen molar-refractivity contribution in [2.24, 2.45) is 5.92 Å². The Morgan fingerprint density at radius 3 is 2.68 bits per heavy atom. The van der Waals surface area contributed by atoms with E-state index in [1.54, 1.807) is 18.7 Å². The Bertz CT molecular complexity index is 338. The Balaban J connectivity index is 2.29. The van der Waals surface area contributed by atoms with Gasteiger partial charge in [-0.05, 0) is 39.2 Å².